The number of esters is 1. The summed E-state index contributed by atoms with van der Waals surface area (Å²) in [5.74, 6) is 0.744. The number of ether oxygens (including phenoxy) is 2. The van der Waals surface area contributed by atoms with Crippen LogP contribution >= 0.6 is 11.6 Å². The summed E-state index contributed by atoms with van der Waals surface area (Å²) < 4.78 is 11.1. The van der Waals surface area contributed by atoms with Gasteiger partial charge in [0.1, 0.15) is 11.5 Å². The molecule has 0 saturated heterocycles. The molecule has 0 amide bonds. The SMILES string of the molecule is Cc1ccc(OCC(=O)Oc2cc(C)c(Cl)c(C)c2)c(C(C)(C)C)c1. The van der Waals surface area contributed by atoms with Crippen LogP contribution in [0.4, 0.5) is 0 Å². The van der Waals surface area contributed by atoms with Crippen LogP contribution in [-0.4, -0.2) is 12.6 Å². The highest BCUT2D eigenvalue weighted by atomic mass is 35.5. The van der Waals surface area contributed by atoms with Crippen molar-refractivity contribution in [2.24, 2.45) is 0 Å². The highest BCUT2D eigenvalue weighted by Crippen LogP contribution is 2.32. The molecule has 0 unspecified atom stereocenters. The minimum Gasteiger partial charge on any atom is -0.482 e. The van der Waals surface area contributed by atoms with Gasteiger partial charge in [-0.2, -0.15) is 0 Å². The predicted octanol–water partition coefficient (Wildman–Crippen LogP) is 5.55. The van der Waals surface area contributed by atoms with Gasteiger partial charge in [0, 0.05) is 5.02 Å². The van der Waals surface area contributed by atoms with E-state index in [-0.39, 0.29) is 12.0 Å². The number of rotatable bonds is 4. The van der Waals surface area contributed by atoms with E-state index >= 15 is 0 Å². The fourth-order valence-electron chi connectivity index (χ4n) is 2.62. The van der Waals surface area contributed by atoms with Crippen molar-refractivity contribution < 1.29 is 14.3 Å². The van der Waals surface area contributed by atoms with Crippen molar-refractivity contribution in [3.05, 3.63) is 57.6 Å². The Morgan fingerprint density at radius 2 is 1.64 bits per heavy atom. The second-order valence-electron chi connectivity index (χ2n) is 7.38. The average molecular weight is 361 g/mol. The number of hydrogen-bond donors (Lipinski definition) is 0. The summed E-state index contributed by atoms with van der Waals surface area (Å²) in [6, 6.07) is 9.47. The van der Waals surface area contributed by atoms with Gasteiger partial charge in [-0.15, -0.1) is 0 Å². The Kier molecular flexibility index (Phi) is 5.79. The molecule has 2 aromatic rings. The van der Waals surface area contributed by atoms with Crippen LogP contribution < -0.4 is 9.47 Å². The molecule has 0 radical (unpaired) electrons. The number of benzene rings is 2. The standard InChI is InChI=1S/C21H25ClO3/c1-13-7-8-18(17(9-13)21(4,5)6)24-12-19(23)25-16-10-14(2)20(22)15(3)11-16/h7-11H,12H2,1-6H3. The van der Waals surface area contributed by atoms with Crippen molar-refractivity contribution in [2.45, 2.75) is 47.0 Å². The smallest absolute Gasteiger partial charge is 0.349 e. The lowest BCUT2D eigenvalue weighted by Gasteiger charge is -2.23. The first-order valence-corrected chi connectivity index (χ1v) is 8.67. The van der Waals surface area contributed by atoms with E-state index in [2.05, 4.69) is 26.8 Å². The van der Waals surface area contributed by atoms with Gasteiger partial charge in [-0.25, -0.2) is 4.79 Å². The molecule has 0 aliphatic heterocycles. The first-order chi connectivity index (χ1) is 11.6. The van der Waals surface area contributed by atoms with Gasteiger partial charge in [0.05, 0.1) is 0 Å². The Hall–Kier alpha value is -2.00. The van der Waals surface area contributed by atoms with Crippen molar-refractivity contribution in [3.8, 4) is 11.5 Å². The lowest BCUT2D eigenvalue weighted by molar-refractivity contribution is -0.136. The topological polar surface area (TPSA) is 35.5 Å². The van der Waals surface area contributed by atoms with Gasteiger partial charge in [-0.1, -0.05) is 50.1 Å². The zero-order valence-electron chi connectivity index (χ0n) is 15.7. The van der Waals surface area contributed by atoms with Crippen LogP contribution in [0.25, 0.3) is 0 Å². The summed E-state index contributed by atoms with van der Waals surface area (Å²) in [6.07, 6.45) is 0. The van der Waals surface area contributed by atoms with Crippen LogP contribution in [0.1, 0.15) is 43.0 Å². The fourth-order valence-corrected chi connectivity index (χ4v) is 2.73. The highest BCUT2D eigenvalue weighted by molar-refractivity contribution is 6.32. The van der Waals surface area contributed by atoms with E-state index < -0.39 is 5.97 Å². The minimum absolute atomic E-state index is 0.0737. The Morgan fingerprint density at radius 1 is 1.04 bits per heavy atom. The fraction of sp³-hybridized carbons (Fsp3) is 0.381. The first kappa shape index (κ1) is 19.3. The lowest BCUT2D eigenvalue weighted by atomic mass is 9.85. The lowest BCUT2D eigenvalue weighted by Crippen LogP contribution is -2.20. The van der Waals surface area contributed by atoms with Gasteiger partial charge >= 0.3 is 5.97 Å². The molecule has 0 aliphatic carbocycles. The first-order valence-electron chi connectivity index (χ1n) is 8.29. The van der Waals surface area contributed by atoms with Gasteiger partial charge in [-0.05, 0) is 61.1 Å². The molecule has 0 fully saturated rings. The van der Waals surface area contributed by atoms with Gasteiger partial charge in [-0.3, -0.25) is 0 Å². The summed E-state index contributed by atoms with van der Waals surface area (Å²) >= 11 is 6.14. The summed E-state index contributed by atoms with van der Waals surface area (Å²) in [7, 11) is 0. The molecule has 25 heavy (non-hydrogen) atoms. The second kappa shape index (κ2) is 7.49. The minimum atomic E-state index is -0.443. The second-order valence-corrected chi connectivity index (χ2v) is 7.76. The molecule has 3 nitrogen and oxygen atoms in total. The summed E-state index contributed by atoms with van der Waals surface area (Å²) in [5, 5.41) is 0.686. The molecule has 0 saturated carbocycles. The molecule has 0 spiro atoms. The van der Waals surface area contributed by atoms with Crippen molar-refractivity contribution in [3.63, 3.8) is 0 Å². The molecule has 0 aliphatic rings. The van der Waals surface area contributed by atoms with Crippen LogP contribution in [-0.2, 0) is 10.2 Å². The zero-order valence-corrected chi connectivity index (χ0v) is 16.5. The van der Waals surface area contributed by atoms with E-state index in [9.17, 15) is 4.79 Å². The number of aryl methyl sites for hydroxylation is 3. The molecule has 2 rings (SSSR count). The van der Waals surface area contributed by atoms with E-state index in [0.29, 0.717) is 16.5 Å². The van der Waals surface area contributed by atoms with Gasteiger partial charge in [0.25, 0.3) is 0 Å². The van der Waals surface area contributed by atoms with E-state index in [0.717, 1.165) is 22.3 Å². The van der Waals surface area contributed by atoms with Gasteiger partial charge in [0.2, 0.25) is 0 Å². The predicted molar refractivity (Wildman–Crippen MR) is 102 cm³/mol. The Morgan fingerprint density at radius 3 is 2.20 bits per heavy atom. The number of carbonyl (C=O) groups is 1. The summed E-state index contributed by atoms with van der Waals surface area (Å²) in [6.45, 7) is 12.0. The van der Waals surface area contributed by atoms with Crippen molar-refractivity contribution in [1.82, 2.24) is 0 Å². The molecule has 0 bridgehead atoms. The number of carbonyl (C=O) groups excluding carboxylic acids is 1. The van der Waals surface area contributed by atoms with Crippen molar-refractivity contribution >= 4 is 17.6 Å². The van der Waals surface area contributed by atoms with E-state index in [4.69, 9.17) is 21.1 Å². The molecule has 0 atom stereocenters. The maximum absolute atomic E-state index is 12.1. The molecule has 0 N–H and O–H groups in total. The van der Waals surface area contributed by atoms with Crippen LogP contribution in [0, 0.1) is 20.8 Å². The maximum atomic E-state index is 12.1. The maximum Gasteiger partial charge on any atom is 0.349 e. The van der Waals surface area contributed by atoms with E-state index in [1.807, 2.05) is 32.9 Å². The molecule has 0 heterocycles. The van der Waals surface area contributed by atoms with Crippen molar-refractivity contribution in [2.75, 3.05) is 6.61 Å². The molecular formula is C21H25ClO3. The largest absolute Gasteiger partial charge is 0.482 e. The van der Waals surface area contributed by atoms with E-state index in [1.165, 1.54) is 0 Å². The molecular weight excluding hydrogens is 336 g/mol. The third-order valence-electron chi connectivity index (χ3n) is 3.93. The van der Waals surface area contributed by atoms with Crippen LogP contribution in [0.2, 0.25) is 5.02 Å². The quantitative estimate of drug-likeness (QED) is 0.530. The average Bonchev–Trinajstić information content (AvgIpc) is 2.50. The third-order valence-corrected chi connectivity index (χ3v) is 4.53. The normalized spacial score (nSPS) is 11.3. The van der Waals surface area contributed by atoms with Crippen LogP contribution in [0.15, 0.2) is 30.3 Å². The third kappa shape index (κ3) is 4.99. The number of halogens is 1. The molecule has 4 heteroatoms. The Labute approximate surface area is 154 Å². The van der Waals surface area contributed by atoms with E-state index in [1.54, 1.807) is 12.1 Å². The summed E-state index contributed by atoms with van der Waals surface area (Å²) in [4.78, 5) is 12.1. The molecule has 0 aromatic heterocycles. The Balaban J connectivity index is 2.08. The van der Waals surface area contributed by atoms with Crippen LogP contribution in [0.5, 0.6) is 11.5 Å². The summed E-state index contributed by atoms with van der Waals surface area (Å²) in [5.41, 5.74) is 3.90. The van der Waals surface area contributed by atoms with Crippen molar-refractivity contribution in [1.29, 1.82) is 0 Å². The Bertz CT molecular complexity index is 765. The van der Waals surface area contributed by atoms with Crippen LogP contribution in [0.3, 0.4) is 0 Å². The van der Waals surface area contributed by atoms with Gasteiger partial charge in [0.15, 0.2) is 6.61 Å². The number of hydrogen-bond acceptors (Lipinski definition) is 3. The zero-order chi connectivity index (χ0) is 18.8. The highest BCUT2D eigenvalue weighted by Gasteiger charge is 2.20. The molecule has 2 aromatic carbocycles. The van der Waals surface area contributed by atoms with Gasteiger partial charge < -0.3 is 9.47 Å². The molecule has 134 valence electrons. The monoisotopic (exact) mass is 360 g/mol.